The van der Waals surface area contributed by atoms with Crippen LogP contribution in [0.25, 0.3) is 0 Å². The molecule has 0 amide bonds. The summed E-state index contributed by atoms with van der Waals surface area (Å²) in [7, 11) is 0. The molecule has 0 rings (SSSR count). The van der Waals surface area contributed by atoms with Crippen LogP contribution < -0.4 is 0 Å². The molecule has 0 radical (unpaired) electrons. The summed E-state index contributed by atoms with van der Waals surface area (Å²) in [6.45, 7) is 6.95. The van der Waals surface area contributed by atoms with Crippen molar-refractivity contribution < 1.29 is 19.8 Å². The van der Waals surface area contributed by atoms with Crippen LogP contribution in [0.1, 0.15) is 72.1 Å². The van der Waals surface area contributed by atoms with Crippen molar-refractivity contribution in [1.29, 1.82) is 0 Å². The molecule has 0 aliphatic carbocycles. The van der Waals surface area contributed by atoms with Gasteiger partial charge in [0.25, 0.3) is 0 Å². The number of hydrogen-bond donors (Lipinski definition) is 2. The van der Waals surface area contributed by atoms with E-state index in [-0.39, 0.29) is 29.6 Å². The zero-order valence-electron chi connectivity index (χ0n) is 13.5. The Labute approximate surface area is 161 Å². The average Bonchev–Trinajstić information content (AvgIpc) is 2.32. The molecule has 0 fully saturated rings. The standard InChI is InChI=1S/C12H25.C3H4O4.Li.Na.H/c1-4-5-6-7-8-9-10-11-12(2)3;4-2(5)1-3(6)7;;;/h11-12H,4-10H2,1-3H3;1H2,(H,4,5)(H,6,7);;;. The van der Waals surface area contributed by atoms with Crippen LogP contribution >= 0.6 is 0 Å². The van der Waals surface area contributed by atoms with Crippen molar-refractivity contribution in [2.45, 2.75) is 76.7 Å². The zero-order valence-corrected chi connectivity index (χ0v) is 13.5. The van der Waals surface area contributed by atoms with E-state index in [1.165, 1.54) is 44.9 Å². The molecule has 116 valence electrons. The van der Waals surface area contributed by atoms with Crippen LogP contribution in [0.5, 0.6) is 0 Å². The number of carboxylic acids is 2. The first kappa shape index (κ1) is 26.4. The first-order valence-corrected chi connectivity index (χ1v) is 7.74. The third-order valence-electron chi connectivity index (χ3n) is 3.45. The van der Waals surface area contributed by atoms with Gasteiger partial charge < -0.3 is 10.2 Å². The molecule has 6 heteroatoms. The second-order valence-electron chi connectivity index (χ2n) is 5.74. The fraction of sp³-hybridized carbons (Fsp3) is 0.867. The Morgan fingerprint density at radius 3 is 1.71 bits per heavy atom. The Balaban J connectivity index is -0.000000347. The van der Waals surface area contributed by atoms with Crippen molar-refractivity contribution in [3.8, 4) is 0 Å². The van der Waals surface area contributed by atoms with Crippen LogP contribution in [-0.2, 0) is 9.59 Å². The Hall–Kier alpha value is 0.537. The molecule has 0 aliphatic heterocycles. The third-order valence-corrected chi connectivity index (χ3v) is 3.45. The van der Waals surface area contributed by atoms with E-state index < -0.39 is 18.4 Å². The van der Waals surface area contributed by atoms with Crippen molar-refractivity contribution in [2.24, 2.45) is 5.92 Å². The molecule has 1 unspecified atom stereocenters. The van der Waals surface area contributed by atoms with Crippen LogP contribution in [0, 0.1) is 5.92 Å². The van der Waals surface area contributed by atoms with E-state index in [9.17, 15) is 9.59 Å². The van der Waals surface area contributed by atoms with Crippen LogP contribution in [-0.4, -0.2) is 69.4 Å². The maximum atomic E-state index is 9.43. The molecular formula is C15H30LiNaO4. The Morgan fingerprint density at radius 2 is 1.38 bits per heavy atom. The number of rotatable bonds is 10. The van der Waals surface area contributed by atoms with E-state index in [2.05, 4.69) is 38.5 Å². The number of aliphatic carboxylic acids is 2. The predicted octanol–water partition coefficient (Wildman–Crippen LogP) is 3.25. The average molecular weight is 304 g/mol. The van der Waals surface area contributed by atoms with Crippen molar-refractivity contribution in [1.82, 2.24) is 0 Å². The molecule has 0 aliphatic rings. The molecule has 21 heavy (non-hydrogen) atoms. The van der Waals surface area contributed by atoms with Crippen LogP contribution in [0.3, 0.4) is 0 Å². The second-order valence-corrected chi connectivity index (χ2v) is 5.74. The minimum absolute atomic E-state index is 0. The molecule has 0 spiro atoms. The monoisotopic (exact) mass is 304 g/mol. The van der Waals surface area contributed by atoms with Gasteiger partial charge in [-0.05, 0) is 0 Å². The van der Waals surface area contributed by atoms with E-state index in [4.69, 9.17) is 10.2 Å². The second kappa shape index (κ2) is 18.6. The normalized spacial score (nSPS) is 11.1. The molecule has 0 aromatic carbocycles. The quantitative estimate of drug-likeness (QED) is 0.369. The fourth-order valence-electron chi connectivity index (χ4n) is 1.71. The van der Waals surface area contributed by atoms with Gasteiger partial charge in [0.05, 0.1) is 0 Å². The van der Waals surface area contributed by atoms with Gasteiger partial charge in [-0.15, -0.1) is 0 Å². The van der Waals surface area contributed by atoms with E-state index in [1.807, 2.05) is 0 Å². The molecule has 0 bridgehead atoms. The van der Waals surface area contributed by atoms with Gasteiger partial charge in [0, 0.05) is 0 Å². The van der Waals surface area contributed by atoms with Crippen molar-refractivity contribution in [3.05, 3.63) is 0 Å². The Morgan fingerprint density at radius 1 is 0.952 bits per heavy atom. The molecule has 0 saturated heterocycles. The Bertz CT molecular complexity index is 248. The predicted molar refractivity (Wildman–Crippen MR) is 89.4 cm³/mol. The molecule has 0 aromatic rings. The van der Waals surface area contributed by atoms with Gasteiger partial charge in [0.1, 0.15) is 6.42 Å². The van der Waals surface area contributed by atoms with E-state index in [1.54, 1.807) is 0 Å². The summed E-state index contributed by atoms with van der Waals surface area (Å²) >= 11 is 2.39. The van der Waals surface area contributed by atoms with Gasteiger partial charge in [0.2, 0.25) is 0 Å². The van der Waals surface area contributed by atoms with Crippen LogP contribution in [0.2, 0.25) is 4.59 Å². The van der Waals surface area contributed by atoms with Crippen molar-refractivity contribution in [2.75, 3.05) is 0 Å². The van der Waals surface area contributed by atoms with Crippen LogP contribution in [0.15, 0.2) is 0 Å². The van der Waals surface area contributed by atoms with Crippen molar-refractivity contribution in [3.63, 3.8) is 0 Å². The molecule has 4 nitrogen and oxygen atoms in total. The molecule has 0 heterocycles. The summed E-state index contributed by atoms with van der Waals surface area (Å²) in [6, 6.07) is 0. The molecular weight excluding hydrogens is 274 g/mol. The van der Waals surface area contributed by atoms with E-state index in [0.29, 0.717) is 0 Å². The summed E-state index contributed by atoms with van der Waals surface area (Å²) in [5.74, 6) is -1.75. The zero-order chi connectivity index (χ0) is 16.0. The van der Waals surface area contributed by atoms with Gasteiger partial charge in [-0.25, -0.2) is 0 Å². The summed E-state index contributed by atoms with van der Waals surface area (Å²) in [5.41, 5.74) is 0. The summed E-state index contributed by atoms with van der Waals surface area (Å²) < 4.78 is 0.922. The first-order valence-electron chi connectivity index (χ1n) is 7.74. The van der Waals surface area contributed by atoms with Gasteiger partial charge >= 0.3 is 135 Å². The maximum absolute atomic E-state index is 9.43. The van der Waals surface area contributed by atoms with Gasteiger partial charge in [-0.2, -0.15) is 0 Å². The number of unbranched alkanes of at least 4 members (excludes halogenated alkanes) is 5. The first-order chi connectivity index (χ1) is 9.31. The van der Waals surface area contributed by atoms with E-state index >= 15 is 0 Å². The molecule has 2 N–H and O–H groups in total. The number of carboxylic acid groups (broad SMARTS) is 2. The molecule has 1 atom stereocenters. The SMILES string of the molecule is O=C(O)CC(=O)O.[Li][CH](CCCCCCCC)C(C)C.[NaH]. The van der Waals surface area contributed by atoms with Crippen molar-refractivity contribution >= 4 is 59.2 Å². The van der Waals surface area contributed by atoms with Gasteiger partial charge in [-0.1, -0.05) is 0 Å². The summed E-state index contributed by atoms with van der Waals surface area (Å²) in [4.78, 5) is 18.9. The summed E-state index contributed by atoms with van der Waals surface area (Å²) in [5, 5.41) is 15.4. The molecule has 0 aromatic heterocycles. The topological polar surface area (TPSA) is 74.6 Å². The van der Waals surface area contributed by atoms with E-state index in [0.717, 1.165) is 10.5 Å². The van der Waals surface area contributed by atoms with Crippen LogP contribution in [0.4, 0.5) is 0 Å². The third kappa shape index (κ3) is 25.8. The summed E-state index contributed by atoms with van der Waals surface area (Å²) in [6.07, 6.45) is 9.23. The Kier molecular flexibility index (Phi) is 23.4. The molecule has 0 saturated carbocycles. The number of carbonyl (C=O) groups is 2. The minimum atomic E-state index is -1.31. The fourth-order valence-corrected chi connectivity index (χ4v) is 1.71. The van der Waals surface area contributed by atoms with Gasteiger partial charge in [-0.3, -0.25) is 9.59 Å². The number of hydrogen-bond acceptors (Lipinski definition) is 2. The van der Waals surface area contributed by atoms with Gasteiger partial charge in [0.15, 0.2) is 0 Å².